The lowest BCUT2D eigenvalue weighted by Gasteiger charge is -2.29. The lowest BCUT2D eigenvalue weighted by atomic mass is 9.99. The van der Waals surface area contributed by atoms with Gasteiger partial charge in [0.15, 0.2) is 0 Å². The van der Waals surface area contributed by atoms with Gasteiger partial charge in [0.05, 0.1) is 6.10 Å². The van der Waals surface area contributed by atoms with Crippen LogP contribution in [0.1, 0.15) is 51.4 Å². The average molecular weight is 289 g/mol. The Morgan fingerprint density at radius 2 is 1.95 bits per heavy atom. The number of carbonyl (C=O) groups excluding carboxylic acids is 1. The Kier molecular flexibility index (Phi) is 5.48. The van der Waals surface area contributed by atoms with Crippen LogP contribution in [0.5, 0.6) is 0 Å². The molecule has 0 radical (unpaired) electrons. The molecule has 19 heavy (non-hydrogen) atoms. The summed E-state index contributed by atoms with van der Waals surface area (Å²) in [4.78, 5) is 11.9. The van der Waals surface area contributed by atoms with Crippen LogP contribution < -0.4 is 10.6 Å². The maximum atomic E-state index is 11.9. The standard InChI is InChI=1S/C14H24N2O2.ClH/c17-14(6-5-13-2-1-7-18-13)16-12-8-10-3-4-11(9-12)15-10;/h10-13,15H,1-9H2,(H,16,17);1H. The lowest BCUT2D eigenvalue weighted by molar-refractivity contribution is -0.122. The molecule has 3 atom stereocenters. The zero-order valence-corrected chi connectivity index (χ0v) is 12.2. The zero-order valence-electron chi connectivity index (χ0n) is 11.4. The number of amides is 1. The minimum atomic E-state index is 0. The number of piperidine rings is 1. The molecule has 3 heterocycles. The first kappa shape index (κ1) is 15.1. The van der Waals surface area contributed by atoms with Gasteiger partial charge in [0.2, 0.25) is 5.91 Å². The minimum absolute atomic E-state index is 0. The molecule has 0 aromatic heterocycles. The first-order valence-corrected chi connectivity index (χ1v) is 7.46. The molecule has 3 rings (SSSR count). The number of rotatable bonds is 4. The summed E-state index contributed by atoms with van der Waals surface area (Å²) in [5, 5.41) is 6.81. The number of carbonyl (C=O) groups is 1. The Balaban J connectivity index is 0.00000133. The lowest BCUT2D eigenvalue weighted by Crippen LogP contribution is -2.48. The Labute approximate surface area is 121 Å². The number of fused-ring (bicyclic) bond motifs is 2. The van der Waals surface area contributed by atoms with Gasteiger partial charge in [-0.2, -0.15) is 0 Å². The van der Waals surface area contributed by atoms with Crippen LogP contribution >= 0.6 is 12.4 Å². The molecule has 3 unspecified atom stereocenters. The van der Waals surface area contributed by atoms with Gasteiger partial charge < -0.3 is 15.4 Å². The van der Waals surface area contributed by atoms with Gasteiger partial charge >= 0.3 is 0 Å². The monoisotopic (exact) mass is 288 g/mol. The second-order valence-electron chi connectivity index (χ2n) is 6.05. The third-order valence-corrected chi connectivity index (χ3v) is 4.56. The minimum Gasteiger partial charge on any atom is -0.378 e. The highest BCUT2D eigenvalue weighted by Gasteiger charge is 2.33. The number of hydrogen-bond donors (Lipinski definition) is 2. The summed E-state index contributed by atoms with van der Waals surface area (Å²) in [5.41, 5.74) is 0. The Morgan fingerprint density at radius 3 is 2.58 bits per heavy atom. The SMILES string of the molecule is Cl.O=C(CCC1CCCO1)NC1CC2CCC(C1)N2. The van der Waals surface area contributed by atoms with Gasteiger partial charge in [-0.05, 0) is 44.9 Å². The van der Waals surface area contributed by atoms with E-state index >= 15 is 0 Å². The van der Waals surface area contributed by atoms with E-state index in [1.807, 2.05) is 0 Å². The normalized spacial score (nSPS) is 36.8. The summed E-state index contributed by atoms with van der Waals surface area (Å²) >= 11 is 0. The smallest absolute Gasteiger partial charge is 0.220 e. The zero-order chi connectivity index (χ0) is 12.4. The van der Waals surface area contributed by atoms with E-state index in [2.05, 4.69) is 10.6 Å². The molecular weight excluding hydrogens is 264 g/mol. The van der Waals surface area contributed by atoms with Crippen molar-refractivity contribution in [2.75, 3.05) is 6.61 Å². The van der Waals surface area contributed by atoms with Crippen LogP contribution in [0, 0.1) is 0 Å². The number of nitrogens with one attached hydrogen (secondary N) is 2. The maximum absolute atomic E-state index is 11.9. The highest BCUT2D eigenvalue weighted by atomic mass is 35.5. The van der Waals surface area contributed by atoms with E-state index in [4.69, 9.17) is 4.74 Å². The van der Waals surface area contributed by atoms with Gasteiger partial charge in [0.1, 0.15) is 0 Å². The van der Waals surface area contributed by atoms with Crippen LogP contribution in [0.4, 0.5) is 0 Å². The maximum Gasteiger partial charge on any atom is 0.220 e. The van der Waals surface area contributed by atoms with E-state index in [-0.39, 0.29) is 18.3 Å². The summed E-state index contributed by atoms with van der Waals surface area (Å²) in [5.74, 6) is 0.219. The van der Waals surface area contributed by atoms with Crippen molar-refractivity contribution in [3.05, 3.63) is 0 Å². The van der Waals surface area contributed by atoms with Crippen molar-refractivity contribution in [1.82, 2.24) is 10.6 Å². The molecule has 4 nitrogen and oxygen atoms in total. The van der Waals surface area contributed by atoms with Gasteiger partial charge in [-0.3, -0.25) is 4.79 Å². The predicted octanol–water partition coefficient (Wildman–Crippen LogP) is 1.77. The fraction of sp³-hybridized carbons (Fsp3) is 0.929. The van der Waals surface area contributed by atoms with Crippen LogP contribution in [-0.2, 0) is 9.53 Å². The quantitative estimate of drug-likeness (QED) is 0.829. The van der Waals surface area contributed by atoms with Gasteiger partial charge in [-0.25, -0.2) is 0 Å². The van der Waals surface area contributed by atoms with Gasteiger partial charge in [0.25, 0.3) is 0 Å². The first-order chi connectivity index (χ1) is 8.79. The summed E-state index contributed by atoms with van der Waals surface area (Å²) in [6.45, 7) is 0.879. The van der Waals surface area contributed by atoms with Crippen molar-refractivity contribution >= 4 is 18.3 Å². The van der Waals surface area contributed by atoms with E-state index in [0.717, 1.165) is 38.7 Å². The Hall–Kier alpha value is -0.320. The molecule has 0 spiro atoms. The molecule has 0 aliphatic carbocycles. The molecule has 5 heteroatoms. The summed E-state index contributed by atoms with van der Waals surface area (Å²) in [7, 11) is 0. The Bertz CT molecular complexity index is 296. The Morgan fingerprint density at radius 1 is 1.21 bits per heavy atom. The molecule has 0 saturated carbocycles. The number of hydrogen-bond acceptors (Lipinski definition) is 3. The second-order valence-corrected chi connectivity index (χ2v) is 6.05. The molecule has 0 aromatic carbocycles. The second kappa shape index (κ2) is 6.91. The van der Waals surface area contributed by atoms with Crippen LogP contribution in [0.25, 0.3) is 0 Å². The molecule has 3 aliphatic rings. The van der Waals surface area contributed by atoms with Crippen molar-refractivity contribution in [1.29, 1.82) is 0 Å². The largest absolute Gasteiger partial charge is 0.378 e. The highest BCUT2D eigenvalue weighted by Crippen LogP contribution is 2.26. The van der Waals surface area contributed by atoms with E-state index in [1.165, 1.54) is 12.8 Å². The summed E-state index contributed by atoms with van der Waals surface area (Å²) < 4.78 is 5.55. The van der Waals surface area contributed by atoms with E-state index in [9.17, 15) is 4.79 Å². The van der Waals surface area contributed by atoms with Crippen molar-refractivity contribution < 1.29 is 9.53 Å². The first-order valence-electron chi connectivity index (χ1n) is 7.46. The van der Waals surface area contributed by atoms with Gasteiger partial charge in [0, 0.05) is 31.2 Å². The third kappa shape index (κ3) is 4.07. The predicted molar refractivity (Wildman–Crippen MR) is 76.6 cm³/mol. The van der Waals surface area contributed by atoms with Crippen LogP contribution in [0.2, 0.25) is 0 Å². The van der Waals surface area contributed by atoms with E-state index in [1.54, 1.807) is 0 Å². The molecule has 3 saturated heterocycles. The molecule has 3 fully saturated rings. The molecule has 110 valence electrons. The number of ether oxygens (including phenoxy) is 1. The van der Waals surface area contributed by atoms with E-state index < -0.39 is 0 Å². The molecule has 2 bridgehead atoms. The molecular formula is C14H25ClN2O2. The van der Waals surface area contributed by atoms with Crippen LogP contribution in [0.3, 0.4) is 0 Å². The van der Waals surface area contributed by atoms with Crippen molar-refractivity contribution in [3.63, 3.8) is 0 Å². The fourth-order valence-electron chi connectivity index (χ4n) is 3.64. The third-order valence-electron chi connectivity index (χ3n) is 4.56. The fourth-order valence-corrected chi connectivity index (χ4v) is 3.64. The molecule has 3 aliphatic heterocycles. The molecule has 1 amide bonds. The van der Waals surface area contributed by atoms with Gasteiger partial charge in [-0.1, -0.05) is 0 Å². The van der Waals surface area contributed by atoms with Gasteiger partial charge in [-0.15, -0.1) is 12.4 Å². The molecule has 0 aromatic rings. The number of halogens is 1. The van der Waals surface area contributed by atoms with Crippen LogP contribution in [0.15, 0.2) is 0 Å². The summed E-state index contributed by atoms with van der Waals surface area (Å²) in [6.07, 6.45) is 8.94. The van der Waals surface area contributed by atoms with Crippen LogP contribution in [-0.4, -0.2) is 36.7 Å². The molecule has 2 N–H and O–H groups in total. The average Bonchev–Trinajstić information content (AvgIpc) is 2.97. The van der Waals surface area contributed by atoms with Crippen molar-refractivity contribution in [3.8, 4) is 0 Å². The topological polar surface area (TPSA) is 50.4 Å². The van der Waals surface area contributed by atoms with Crippen molar-refractivity contribution in [2.45, 2.75) is 75.6 Å². The summed E-state index contributed by atoms with van der Waals surface area (Å²) in [6, 6.07) is 1.69. The van der Waals surface area contributed by atoms with Crippen molar-refractivity contribution in [2.24, 2.45) is 0 Å². The highest BCUT2D eigenvalue weighted by molar-refractivity contribution is 5.85. The van der Waals surface area contributed by atoms with E-state index in [0.29, 0.717) is 30.7 Å².